The van der Waals surface area contributed by atoms with E-state index in [0.29, 0.717) is 0 Å². The van der Waals surface area contributed by atoms with Crippen molar-refractivity contribution in [2.75, 3.05) is 20.8 Å². The van der Waals surface area contributed by atoms with Gasteiger partial charge in [-0.05, 0) is 30.3 Å². The van der Waals surface area contributed by atoms with E-state index in [0.717, 1.165) is 25.3 Å². The fourth-order valence-electron chi connectivity index (χ4n) is 2.15. The van der Waals surface area contributed by atoms with E-state index in [4.69, 9.17) is 9.47 Å². The van der Waals surface area contributed by atoms with E-state index >= 15 is 0 Å². The Morgan fingerprint density at radius 1 is 1.12 bits per heavy atom. The molecule has 0 fully saturated rings. The van der Waals surface area contributed by atoms with E-state index < -0.39 is 34.8 Å². The molecule has 0 bridgehead atoms. The van der Waals surface area contributed by atoms with Crippen LogP contribution in [0.1, 0.15) is 20.7 Å². The summed E-state index contributed by atoms with van der Waals surface area (Å²) in [5, 5.41) is 11.2. The molecule has 0 saturated carbocycles. The number of nitro benzene ring substituents is 1. The summed E-state index contributed by atoms with van der Waals surface area (Å²) in [7, 11) is 2.46. The smallest absolute Gasteiger partial charge is 0.338 e. The molecule has 0 radical (unpaired) electrons. The Bertz CT molecular complexity index is 866. The minimum atomic E-state index is -0.755. The number of Topliss-reactive ketones (excluding diaryl/α,β-unsaturated/α-hetero) is 1. The minimum absolute atomic E-state index is 0.0373. The molecule has 2 rings (SSSR count). The number of rotatable bonds is 7. The average molecular weight is 363 g/mol. The van der Waals surface area contributed by atoms with Crippen LogP contribution in [-0.4, -0.2) is 37.5 Å². The summed E-state index contributed by atoms with van der Waals surface area (Å²) in [6, 6.07) is 6.83. The summed E-state index contributed by atoms with van der Waals surface area (Å²) in [4.78, 5) is 34.1. The normalized spacial score (nSPS) is 10.1. The van der Waals surface area contributed by atoms with Gasteiger partial charge in [0.2, 0.25) is 5.78 Å². The van der Waals surface area contributed by atoms with Crippen molar-refractivity contribution in [3.63, 3.8) is 0 Å². The highest BCUT2D eigenvalue weighted by Gasteiger charge is 2.21. The van der Waals surface area contributed by atoms with Crippen LogP contribution in [0.3, 0.4) is 0 Å². The van der Waals surface area contributed by atoms with Crippen LogP contribution in [0.5, 0.6) is 11.5 Å². The van der Waals surface area contributed by atoms with Crippen molar-refractivity contribution in [2.45, 2.75) is 0 Å². The third-order valence-corrected chi connectivity index (χ3v) is 3.40. The van der Waals surface area contributed by atoms with E-state index in [1.165, 1.54) is 25.3 Å². The number of halogens is 1. The number of nitrogens with zero attached hydrogens (tertiary/aromatic N) is 1. The van der Waals surface area contributed by atoms with Crippen molar-refractivity contribution >= 4 is 17.4 Å². The molecule has 2 aromatic carbocycles. The van der Waals surface area contributed by atoms with E-state index in [9.17, 15) is 24.1 Å². The summed E-state index contributed by atoms with van der Waals surface area (Å²) in [5.41, 5.74) is -0.599. The molecule has 2 aromatic rings. The van der Waals surface area contributed by atoms with Gasteiger partial charge in [0.25, 0.3) is 0 Å². The molecule has 9 heteroatoms. The van der Waals surface area contributed by atoms with Crippen molar-refractivity contribution in [1.29, 1.82) is 0 Å². The van der Waals surface area contributed by atoms with Crippen LogP contribution < -0.4 is 9.47 Å². The van der Waals surface area contributed by atoms with Crippen molar-refractivity contribution in [2.24, 2.45) is 0 Å². The van der Waals surface area contributed by atoms with Crippen LogP contribution in [0.4, 0.5) is 10.1 Å². The predicted molar refractivity (Wildman–Crippen MR) is 87.2 cm³/mol. The first-order valence-electron chi connectivity index (χ1n) is 7.23. The number of methoxy groups -OCH3 is 2. The van der Waals surface area contributed by atoms with Gasteiger partial charge in [-0.1, -0.05) is 0 Å². The highest BCUT2D eigenvalue weighted by Crippen LogP contribution is 2.29. The van der Waals surface area contributed by atoms with Crippen molar-refractivity contribution in [3.05, 3.63) is 63.5 Å². The SMILES string of the molecule is COC(=O)c1ccc(OCC(=O)c2cc(F)ccc2OC)c([N+](=O)[O-])c1. The van der Waals surface area contributed by atoms with Gasteiger partial charge in [0.1, 0.15) is 11.6 Å². The molecule has 0 aliphatic rings. The number of ketones is 1. The van der Waals surface area contributed by atoms with Crippen molar-refractivity contribution < 1.29 is 33.1 Å². The van der Waals surface area contributed by atoms with Gasteiger partial charge in [-0.2, -0.15) is 0 Å². The van der Waals surface area contributed by atoms with E-state index in [1.807, 2.05) is 0 Å². The lowest BCUT2D eigenvalue weighted by atomic mass is 10.1. The van der Waals surface area contributed by atoms with Crippen molar-refractivity contribution in [1.82, 2.24) is 0 Å². The van der Waals surface area contributed by atoms with Crippen molar-refractivity contribution in [3.8, 4) is 11.5 Å². The van der Waals surface area contributed by atoms with Gasteiger partial charge < -0.3 is 14.2 Å². The predicted octanol–water partition coefficient (Wildman–Crippen LogP) is 2.79. The maximum Gasteiger partial charge on any atom is 0.338 e. The Balaban J connectivity index is 2.24. The molecular formula is C17H14FNO7. The van der Waals surface area contributed by atoms with Crippen LogP contribution in [0.15, 0.2) is 36.4 Å². The second-order valence-corrected chi connectivity index (χ2v) is 4.99. The molecule has 0 amide bonds. The van der Waals surface area contributed by atoms with E-state index in [-0.39, 0.29) is 22.6 Å². The largest absolute Gasteiger partial charge is 0.496 e. The Morgan fingerprint density at radius 3 is 2.42 bits per heavy atom. The number of carbonyl (C=O) groups excluding carboxylic acids is 2. The lowest BCUT2D eigenvalue weighted by Crippen LogP contribution is -2.14. The van der Waals surface area contributed by atoms with Gasteiger partial charge in [0.05, 0.1) is 30.3 Å². The lowest BCUT2D eigenvalue weighted by molar-refractivity contribution is -0.385. The first-order chi connectivity index (χ1) is 12.4. The summed E-state index contributed by atoms with van der Waals surface area (Å²) < 4.78 is 28.0. The van der Waals surface area contributed by atoms with Crippen LogP contribution >= 0.6 is 0 Å². The topological polar surface area (TPSA) is 105 Å². The highest BCUT2D eigenvalue weighted by molar-refractivity contribution is 5.99. The summed E-state index contributed by atoms with van der Waals surface area (Å²) in [5.74, 6) is -2.09. The molecule has 0 aromatic heterocycles. The number of hydrogen-bond acceptors (Lipinski definition) is 7. The summed E-state index contributed by atoms with van der Waals surface area (Å²) in [6.07, 6.45) is 0. The Hall–Kier alpha value is -3.49. The second-order valence-electron chi connectivity index (χ2n) is 4.99. The van der Waals surface area contributed by atoms with Crippen LogP contribution in [0.2, 0.25) is 0 Å². The molecule has 136 valence electrons. The maximum absolute atomic E-state index is 13.3. The quantitative estimate of drug-likeness (QED) is 0.322. The van der Waals surface area contributed by atoms with Crippen LogP contribution in [-0.2, 0) is 4.74 Å². The fourth-order valence-corrected chi connectivity index (χ4v) is 2.15. The Morgan fingerprint density at radius 2 is 1.81 bits per heavy atom. The second kappa shape index (κ2) is 8.06. The molecule has 0 atom stereocenters. The number of carbonyl (C=O) groups is 2. The first-order valence-corrected chi connectivity index (χ1v) is 7.23. The molecule has 0 unspecified atom stereocenters. The van der Waals surface area contributed by atoms with Gasteiger partial charge in [-0.25, -0.2) is 9.18 Å². The molecule has 0 N–H and O–H groups in total. The standard InChI is InChI=1S/C17H14FNO7/c1-24-15-6-4-11(18)8-12(15)14(20)9-26-16-5-3-10(17(21)25-2)7-13(16)19(22)23/h3-8H,9H2,1-2H3. The summed E-state index contributed by atoms with van der Waals surface area (Å²) >= 11 is 0. The van der Waals surface area contributed by atoms with E-state index in [2.05, 4.69) is 4.74 Å². The number of hydrogen-bond donors (Lipinski definition) is 0. The molecule has 0 aliphatic heterocycles. The molecular weight excluding hydrogens is 349 g/mol. The number of nitro groups is 1. The number of benzene rings is 2. The molecule has 0 saturated heterocycles. The molecule has 8 nitrogen and oxygen atoms in total. The van der Waals surface area contributed by atoms with Gasteiger partial charge in [-0.3, -0.25) is 14.9 Å². The molecule has 0 aliphatic carbocycles. The molecule has 26 heavy (non-hydrogen) atoms. The zero-order valence-electron chi connectivity index (χ0n) is 13.9. The number of esters is 1. The average Bonchev–Trinajstić information content (AvgIpc) is 2.65. The molecule has 0 heterocycles. The highest BCUT2D eigenvalue weighted by atomic mass is 19.1. The van der Waals surface area contributed by atoms with Gasteiger partial charge in [0, 0.05) is 6.07 Å². The first kappa shape index (κ1) is 18.8. The Labute approximate surface area is 147 Å². The minimum Gasteiger partial charge on any atom is -0.496 e. The monoisotopic (exact) mass is 363 g/mol. The van der Waals surface area contributed by atoms with Crippen LogP contribution in [0.25, 0.3) is 0 Å². The lowest BCUT2D eigenvalue weighted by Gasteiger charge is -2.10. The fraction of sp³-hybridized carbons (Fsp3) is 0.176. The zero-order valence-corrected chi connectivity index (χ0v) is 13.9. The van der Waals surface area contributed by atoms with Gasteiger partial charge in [0.15, 0.2) is 12.4 Å². The third kappa shape index (κ3) is 4.12. The van der Waals surface area contributed by atoms with Gasteiger partial charge >= 0.3 is 11.7 Å². The summed E-state index contributed by atoms with van der Waals surface area (Å²) in [6.45, 7) is -0.585. The van der Waals surface area contributed by atoms with Crippen LogP contribution in [0, 0.1) is 15.9 Å². The maximum atomic E-state index is 13.3. The zero-order chi connectivity index (χ0) is 19.3. The third-order valence-electron chi connectivity index (χ3n) is 3.40. The molecule has 0 spiro atoms. The Kier molecular flexibility index (Phi) is 5.84. The van der Waals surface area contributed by atoms with Gasteiger partial charge in [-0.15, -0.1) is 0 Å². The van der Waals surface area contributed by atoms with E-state index in [1.54, 1.807) is 0 Å². The number of ether oxygens (including phenoxy) is 3.